The molecule has 4 heterocycles. The van der Waals surface area contributed by atoms with Gasteiger partial charge in [0, 0.05) is 24.0 Å². The molecule has 0 amide bonds. The lowest BCUT2D eigenvalue weighted by Crippen LogP contribution is -2.35. The Bertz CT molecular complexity index is 1560. The van der Waals surface area contributed by atoms with E-state index < -0.39 is 6.17 Å². The van der Waals surface area contributed by atoms with Crippen molar-refractivity contribution in [2.24, 2.45) is 0 Å². The number of carbonyl (C=O) groups excluding carboxylic acids is 1. The average Bonchev–Trinajstić information content (AvgIpc) is 3.52. The molecule has 0 aliphatic carbocycles. The summed E-state index contributed by atoms with van der Waals surface area (Å²) in [5, 5.41) is 5.33. The molecule has 1 unspecified atom stereocenters. The van der Waals surface area contributed by atoms with Crippen LogP contribution in [0.2, 0.25) is 0 Å². The molecule has 178 valence electrons. The molecule has 3 aromatic heterocycles. The number of nitrogen functional groups attached to an aromatic ring is 1. The lowest BCUT2D eigenvalue weighted by molar-refractivity contribution is 0.103. The normalized spacial score (nSPS) is 16.9. The predicted octanol–water partition coefficient (Wildman–Crippen LogP) is 4.08. The van der Waals surface area contributed by atoms with Crippen LogP contribution in [0, 0.1) is 6.92 Å². The van der Waals surface area contributed by atoms with E-state index in [4.69, 9.17) is 5.73 Å². The van der Waals surface area contributed by atoms with E-state index in [0.717, 1.165) is 40.5 Å². The molecule has 35 heavy (non-hydrogen) atoms. The van der Waals surface area contributed by atoms with Crippen molar-refractivity contribution in [3.05, 3.63) is 77.4 Å². The largest absolute Gasteiger partial charge is 0.382 e. The van der Waals surface area contributed by atoms with Crippen LogP contribution >= 0.6 is 0 Å². The minimum atomic E-state index is -0.751. The van der Waals surface area contributed by atoms with Crippen LogP contribution in [0.25, 0.3) is 21.9 Å². The van der Waals surface area contributed by atoms with Crippen molar-refractivity contribution in [2.75, 3.05) is 18.8 Å². The second-order valence-electron chi connectivity index (χ2n) is 9.20. The molecule has 8 nitrogen and oxygen atoms in total. The Kier molecular flexibility index (Phi) is 5.14. The number of aromatic amines is 1. The number of benzene rings is 2. The lowest BCUT2D eigenvalue weighted by atomic mass is 10.1. The number of nitrogens with one attached hydrogen (secondary N) is 1. The number of alkyl halides is 1. The van der Waals surface area contributed by atoms with Gasteiger partial charge >= 0.3 is 0 Å². The number of halogens is 1. The lowest BCUT2D eigenvalue weighted by Gasteiger charge is -2.28. The maximum Gasteiger partial charge on any atom is 0.214 e. The highest BCUT2D eigenvalue weighted by Gasteiger charge is 2.22. The highest BCUT2D eigenvalue weighted by molar-refractivity contribution is 6.12. The number of aryl methyl sites for hydroxylation is 1. The first-order chi connectivity index (χ1) is 17.0. The van der Waals surface area contributed by atoms with Crippen molar-refractivity contribution in [2.45, 2.75) is 32.5 Å². The third-order valence-electron chi connectivity index (χ3n) is 6.70. The standard InChI is InChI=1S/C26H26FN7O/c1-16-30-22-6-2-3-7-24(22)33(16)34-26(28)20(13-29-34)25(35)23-12-18-11-17(8-9-21(18)31-23)14-32-10-4-5-19(27)15-32/h2-3,6-9,11-13,19,31H,4-5,10,14-15,28H2,1H3. The maximum atomic E-state index is 13.8. The van der Waals surface area contributed by atoms with E-state index in [2.05, 4.69) is 26.0 Å². The fraction of sp³-hybridized carbons (Fsp3) is 0.269. The number of nitrogens with two attached hydrogens (primary N) is 1. The Labute approximate surface area is 201 Å². The third-order valence-corrected chi connectivity index (χ3v) is 6.70. The summed E-state index contributed by atoms with van der Waals surface area (Å²) in [6.45, 7) is 3.95. The SMILES string of the molecule is Cc1nc2ccccc2n1-n1ncc(C(=O)c2cc3cc(CN4CCCC(F)C4)ccc3[nH]2)c1N. The molecule has 1 saturated heterocycles. The molecule has 1 aliphatic rings. The van der Waals surface area contributed by atoms with E-state index >= 15 is 0 Å². The Balaban J connectivity index is 1.29. The van der Waals surface area contributed by atoms with Crippen molar-refractivity contribution >= 4 is 33.5 Å². The number of hydrogen-bond donors (Lipinski definition) is 2. The second kappa shape index (κ2) is 8.35. The Morgan fingerprint density at radius 2 is 2.09 bits per heavy atom. The monoisotopic (exact) mass is 471 g/mol. The molecule has 0 saturated carbocycles. The van der Waals surface area contributed by atoms with E-state index in [1.54, 1.807) is 4.68 Å². The Morgan fingerprint density at radius 1 is 1.23 bits per heavy atom. The maximum absolute atomic E-state index is 13.8. The zero-order valence-electron chi connectivity index (χ0n) is 19.4. The number of anilines is 1. The van der Waals surface area contributed by atoms with Crippen molar-refractivity contribution in [3.8, 4) is 0 Å². The Hall–Kier alpha value is -3.98. The van der Waals surface area contributed by atoms with E-state index in [-0.39, 0.29) is 11.6 Å². The van der Waals surface area contributed by atoms with Gasteiger partial charge in [-0.05, 0) is 62.2 Å². The fourth-order valence-corrected chi connectivity index (χ4v) is 5.00. The quantitative estimate of drug-likeness (QED) is 0.377. The van der Waals surface area contributed by atoms with Crippen LogP contribution in [0.3, 0.4) is 0 Å². The van der Waals surface area contributed by atoms with Gasteiger partial charge in [0.15, 0.2) is 5.82 Å². The fourth-order valence-electron chi connectivity index (χ4n) is 5.00. The zero-order chi connectivity index (χ0) is 24.1. The highest BCUT2D eigenvalue weighted by Crippen LogP contribution is 2.25. The first-order valence-electron chi connectivity index (χ1n) is 11.8. The van der Waals surface area contributed by atoms with E-state index in [0.29, 0.717) is 36.6 Å². The topological polar surface area (TPSA) is 97.8 Å². The van der Waals surface area contributed by atoms with Crippen LogP contribution in [0.4, 0.5) is 10.2 Å². The number of ketones is 1. The van der Waals surface area contributed by atoms with Crippen LogP contribution in [0.1, 0.15) is 40.3 Å². The predicted molar refractivity (Wildman–Crippen MR) is 133 cm³/mol. The van der Waals surface area contributed by atoms with Crippen molar-refractivity contribution in [3.63, 3.8) is 0 Å². The summed E-state index contributed by atoms with van der Waals surface area (Å²) in [5.74, 6) is 0.724. The molecule has 0 bridgehead atoms. The van der Waals surface area contributed by atoms with Gasteiger partial charge in [-0.25, -0.2) is 14.1 Å². The van der Waals surface area contributed by atoms with Crippen LogP contribution in [0.5, 0.6) is 0 Å². The number of H-pyrrole nitrogens is 1. The number of para-hydroxylation sites is 2. The molecule has 1 aliphatic heterocycles. The first kappa shape index (κ1) is 21.5. The van der Waals surface area contributed by atoms with Crippen LogP contribution < -0.4 is 5.73 Å². The minimum absolute atomic E-state index is 0.232. The van der Waals surface area contributed by atoms with Gasteiger partial charge < -0.3 is 10.7 Å². The van der Waals surface area contributed by atoms with Crippen LogP contribution in [-0.4, -0.2) is 54.5 Å². The third kappa shape index (κ3) is 3.77. The van der Waals surface area contributed by atoms with Crippen LogP contribution in [-0.2, 0) is 6.54 Å². The van der Waals surface area contributed by atoms with Gasteiger partial charge in [0.25, 0.3) is 0 Å². The summed E-state index contributed by atoms with van der Waals surface area (Å²) in [5.41, 5.74) is 10.8. The van der Waals surface area contributed by atoms with E-state index in [1.165, 1.54) is 11.0 Å². The minimum Gasteiger partial charge on any atom is -0.382 e. The average molecular weight is 472 g/mol. The summed E-state index contributed by atoms with van der Waals surface area (Å²) >= 11 is 0. The second-order valence-corrected chi connectivity index (χ2v) is 9.20. The molecule has 0 radical (unpaired) electrons. The molecule has 6 rings (SSSR count). The molecular formula is C26H26FN7O. The number of rotatable bonds is 5. The molecule has 1 atom stereocenters. The van der Waals surface area contributed by atoms with Gasteiger partial charge in [0.2, 0.25) is 5.78 Å². The summed E-state index contributed by atoms with van der Waals surface area (Å²) in [6.07, 6.45) is 2.27. The summed E-state index contributed by atoms with van der Waals surface area (Å²) < 4.78 is 15.6. The zero-order valence-corrected chi connectivity index (χ0v) is 19.4. The van der Waals surface area contributed by atoms with Gasteiger partial charge in [-0.2, -0.15) is 5.10 Å². The highest BCUT2D eigenvalue weighted by atomic mass is 19.1. The first-order valence-corrected chi connectivity index (χ1v) is 11.8. The van der Waals surface area contributed by atoms with Gasteiger partial charge in [0.05, 0.1) is 28.5 Å². The molecule has 3 N–H and O–H groups in total. The number of fused-ring (bicyclic) bond motifs is 2. The Morgan fingerprint density at radius 3 is 2.94 bits per heavy atom. The van der Waals surface area contributed by atoms with Gasteiger partial charge in [-0.3, -0.25) is 9.69 Å². The molecular weight excluding hydrogens is 445 g/mol. The van der Waals surface area contributed by atoms with Crippen molar-refractivity contribution < 1.29 is 9.18 Å². The molecule has 1 fully saturated rings. The van der Waals surface area contributed by atoms with E-state index in [1.807, 2.05) is 49.4 Å². The molecule has 0 spiro atoms. The van der Waals surface area contributed by atoms with Gasteiger partial charge in [-0.15, -0.1) is 4.79 Å². The summed E-state index contributed by atoms with van der Waals surface area (Å²) in [6, 6.07) is 15.6. The smallest absolute Gasteiger partial charge is 0.214 e. The summed E-state index contributed by atoms with van der Waals surface area (Å²) in [7, 11) is 0. The van der Waals surface area contributed by atoms with Crippen LogP contribution in [0.15, 0.2) is 54.7 Å². The van der Waals surface area contributed by atoms with E-state index in [9.17, 15) is 9.18 Å². The number of piperidine rings is 1. The number of carbonyl (C=O) groups is 1. The molecule has 2 aromatic carbocycles. The molecule has 9 heteroatoms. The number of aromatic nitrogens is 5. The van der Waals surface area contributed by atoms with Gasteiger partial charge in [-0.1, -0.05) is 18.2 Å². The van der Waals surface area contributed by atoms with Crippen molar-refractivity contribution in [1.82, 2.24) is 29.4 Å². The summed E-state index contributed by atoms with van der Waals surface area (Å²) in [4.78, 5) is 24.8. The number of imidazole rings is 1. The van der Waals surface area contributed by atoms with Crippen molar-refractivity contribution in [1.29, 1.82) is 0 Å². The molecule has 5 aromatic rings. The van der Waals surface area contributed by atoms with Gasteiger partial charge in [0.1, 0.15) is 12.0 Å². The number of hydrogen-bond acceptors (Lipinski definition) is 5. The number of nitrogens with zero attached hydrogens (tertiary/aromatic N) is 5. The number of likely N-dealkylation sites (tertiary alicyclic amines) is 1.